The van der Waals surface area contributed by atoms with Crippen LogP contribution in [0.3, 0.4) is 0 Å². The number of piperidine rings is 1. The molecule has 0 aliphatic carbocycles. The van der Waals surface area contributed by atoms with Crippen molar-refractivity contribution in [3.63, 3.8) is 0 Å². The molecule has 2 saturated heterocycles. The topological polar surface area (TPSA) is 61.6 Å². The molecule has 1 spiro atoms. The monoisotopic (exact) mass is 334 g/mol. The number of hydrogen-bond donors (Lipinski definition) is 1. The van der Waals surface area contributed by atoms with Gasteiger partial charge >= 0.3 is 0 Å². The molecule has 1 amide bonds. The molecule has 2 aliphatic rings. The molecule has 2 fully saturated rings. The second-order valence-electron chi connectivity index (χ2n) is 7.43. The van der Waals surface area contributed by atoms with E-state index in [0.717, 1.165) is 64.1 Å². The Morgan fingerprint density at radius 1 is 1.21 bits per heavy atom. The number of carbonyl (C=O) groups excluding carboxylic acids is 1. The molecule has 6 heteroatoms. The summed E-state index contributed by atoms with van der Waals surface area (Å²) in [4.78, 5) is 17.1. The Morgan fingerprint density at radius 3 is 2.75 bits per heavy atom. The van der Waals surface area contributed by atoms with Crippen LogP contribution in [0.4, 0.5) is 0 Å². The van der Waals surface area contributed by atoms with Crippen molar-refractivity contribution in [1.29, 1.82) is 0 Å². The summed E-state index contributed by atoms with van der Waals surface area (Å²) in [5, 5.41) is 13.7. The number of aryl methyl sites for hydroxylation is 3. The van der Waals surface area contributed by atoms with Crippen LogP contribution in [0.25, 0.3) is 0 Å². The van der Waals surface area contributed by atoms with Crippen molar-refractivity contribution < 1.29 is 9.90 Å². The molecule has 0 bridgehead atoms. The van der Waals surface area contributed by atoms with Gasteiger partial charge in [-0.25, -0.2) is 0 Å². The highest BCUT2D eigenvalue weighted by atomic mass is 16.3. The van der Waals surface area contributed by atoms with Gasteiger partial charge in [0.05, 0.1) is 17.7 Å². The lowest BCUT2D eigenvalue weighted by molar-refractivity contribution is -0.146. The summed E-state index contributed by atoms with van der Waals surface area (Å²) in [6, 6.07) is 2.11. The molecule has 134 valence electrons. The highest BCUT2D eigenvalue weighted by molar-refractivity contribution is 5.84. The first-order valence-electron chi connectivity index (χ1n) is 9.18. The normalized spacial score (nSPS) is 25.1. The van der Waals surface area contributed by atoms with Crippen molar-refractivity contribution >= 4 is 5.91 Å². The molecule has 1 aromatic rings. The van der Waals surface area contributed by atoms with E-state index in [9.17, 15) is 4.79 Å². The van der Waals surface area contributed by atoms with E-state index in [1.54, 1.807) is 0 Å². The number of carbonyl (C=O) groups is 1. The lowest BCUT2D eigenvalue weighted by atomic mass is 9.78. The average molecular weight is 334 g/mol. The van der Waals surface area contributed by atoms with E-state index >= 15 is 0 Å². The van der Waals surface area contributed by atoms with Crippen LogP contribution in [0.2, 0.25) is 0 Å². The Balaban J connectivity index is 1.51. The van der Waals surface area contributed by atoms with Crippen LogP contribution in [-0.2, 0) is 11.3 Å². The van der Waals surface area contributed by atoms with E-state index in [1.807, 2.05) is 11.8 Å². The molecule has 0 saturated carbocycles. The summed E-state index contributed by atoms with van der Waals surface area (Å²) < 4.78 is 2.08. The zero-order chi connectivity index (χ0) is 17.2. The molecule has 1 unspecified atom stereocenters. The van der Waals surface area contributed by atoms with Crippen molar-refractivity contribution in [3.8, 4) is 0 Å². The van der Waals surface area contributed by atoms with Gasteiger partial charge in [-0.1, -0.05) is 0 Å². The summed E-state index contributed by atoms with van der Waals surface area (Å²) in [5.41, 5.74) is 2.10. The first-order chi connectivity index (χ1) is 11.5. The van der Waals surface area contributed by atoms with Crippen LogP contribution in [0.15, 0.2) is 6.07 Å². The third-order valence-corrected chi connectivity index (χ3v) is 5.57. The lowest BCUT2D eigenvalue weighted by Crippen LogP contribution is -2.50. The second-order valence-corrected chi connectivity index (χ2v) is 7.43. The van der Waals surface area contributed by atoms with Gasteiger partial charge in [-0.3, -0.25) is 9.48 Å². The molecule has 1 aromatic heterocycles. The van der Waals surface area contributed by atoms with Crippen LogP contribution in [-0.4, -0.2) is 69.9 Å². The Bertz CT molecular complexity index is 584. The van der Waals surface area contributed by atoms with E-state index in [2.05, 4.69) is 27.7 Å². The molecule has 0 radical (unpaired) electrons. The molecule has 2 aliphatic heterocycles. The number of likely N-dealkylation sites (tertiary alicyclic amines) is 2. The number of β-amino-alcohol motifs (C(OH)–C–C–N with tert-alkyl or cyclic N) is 1. The van der Waals surface area contributed by atoms with Crippen molar-refractivity contribution in [2.24, 2.45) is 5.41 Å². The molecule has 1 N–H and O–H groups in total. The zero-order valence-electron chi connectivity index (χ0n) is 15.0. The van der Waals surface area contributed by atoms with Crippen molar-refractivity contribution in [2.75, 3.05) is 39.3 Å². The number of aliphatic hydroxyl groups excluding tert-OH is 1. The van der Waals surface area contributed by atoms with Gasteiger partial charge in [0.15, 0.2) is 0 Å². The molecule has 6 nitrogen and oxygen atoms in total. The molecule has 1 atom stereocenters. The van der Waals surface area contributed by atoms with Crippen LogP contribution >= 0.6 is 0 Å². The number of aliphatic hydroxyl groups is 1. The fraction of sp³-hybridized carbons (Fsp3) is 0.778. The van der Waals surface area contributed by atoms with Crippen LogP contribution in [0.1, 0.15) is 37.1 Å². The minimum atomic E-state index is -0.189. The van der Waals surface area contributed by atoms with Crippen molar-refractivity contribution in [1.82, 2.24) is 19.6 Å². The summed E-state index contributed by atoms with van der Waals surface area (Å²) in [5.74, 6) is 0.267. The largest absolute Gasteiger partial charge is 0.395 e. The predicted octanol–water partition coefficient (Wildman–Crippen LogP) is 1.20. The van der Waals surface area contributed by atoms with Gasteiger partial charge in [-0.05, 0) is 58.7 Å². The summed E-state index contributed by atoms with van der Waals surface area (Å²) in [6.45, 7) is 9.33. The van der Waals surface area contributed by atoms with E-state index in [1.165, 1.54) is 5.69 Å². The van der Waals surface area contributed by atoms with Crippen molar-refractivity contribution in [2.45, 2.75) is 46.1 Å². The third kappa shape index (κ3) is 3.49. The zero-order valence-corrected chi connectivity index (χ0v) is 15.0. The predicted molar refractivity (Wildman–Crippen MR) is 92.7 cm³/mol. The minimum Gasteiger partial charge on any atom is -0.395 e. The number of nitrogens with zero attached hydrogens (tertiary/aromatic N) is 4. The maximum absolute atomic E-state index is 12.8. The molecular formula is C18H30N4O2. The first-order valence-corrected chi connectivity index (χ1v) is 9.18. The quantitative estimate of drug-likeness (QED) is 0.849. The second kappa shape index (κ2) is 7.23. The van der Waals surface area contributed by atoms with E-state index in [-0.39, 0.29) is 17.9 Å². The molecular weight excluding hydrogens is 304 g/mol. The van der Waals surface area contributed by atoms with Crippen molar-refractivity contribution in [3.05, 3.63) is 17.5 Å². The van der Waals surface area contributed by atoms with Gasteiger partial charge in [-0.15, -0.1) is 0 Å². The van der Waals surface area contributed by atoms with Crippen LogP contribution in [0.5, 0.6) is 0 Å². The number of hydrogen-bond acceptors (Lipinski definition) is 4. The summed E-state index contributed by atoms with van der Waals surface area (Å²) in [6.07, 6.45) is 4.09. The highest BCUT2D eigenvalue weighted by Crippen LogP contribution is 2.39. The lowest BCUT2D eigenvalue weighted by Gasteiger charge is -2.39. The molecule has 3 heterocycles. The SMILES string of the molecule is Cc1cc(C)n(CCCN2CCC3(CCCN(CCO)C3=O)C2)n1. The van der Waals surface area contributed by atoms with Gasteiger partial charge in [0.2, 0.25) is 5.91 Å². The van der Waals surface area contributed by atoms with Gasteiger partial charge in [0.25, 0.3) is 0 Å². The fourth-order valence-electron chi connectivity index (χ4n) is 4.36. The highest BCUT2D eigenvalue weighted by Gasteiger charge is 2.47. The number of rotatable bonds is 6. The van der Waals surface area contributed by atoms with Gasteiger partial charge in [0.1, 0.15) is 0 Å². The van der Waals surface area contributed by atoms with E-state index < -0.39 is 0 Å². The maximum Gasteiger partial charge on any atom is 0.230 e. The van der Waals surface area contributed by atoms with E-state index in [0.29, 0.717) is 6.54 Å². The summed E-state index contributed by atoms with van der Waals surface area (Å²) >= 11 is 0. The maximum atomic E-state index is 12.8. The first kappa shape index (κ1) is 17.4. The smallest absolute Gasteiger partial charge is 0.230 e. The number of amides is 1. The van der Waals surface area contributed by atoms with Gasteiger partial charge < -0.3 is 14.9 Å². The fourth-order valence-corrected chi connectivity index (χ4v) is 4.36. The van der Waals surface area contributed by atoms with Gasteiger partial charge in [-0.2, -0.15) is 5.10 Å². The standard InChI is InChI=1S/C18H30N4O2/c1-15-13-16(2)22(19-15)9-4-7-20-10-6-18(14-20)5-3-8-21(11-12-23)17(18)24/h13,23H,3-12,14H2,1-2H3. The Labute approximate surface area is 144 Å². The summed E-state index contributed by atoms with van der Waals surface area (Å²) in [7, 11) is 0. The van der Waals surface area contributed by atoms with Crippen LogP contribution in [0, 0.1) is 19.3 Å². The van der Waals surface area contributed by atoms with E-state index in [4.69, 9.17) is 5.11 Å². The van der Waals surface area contributed by atoms with Crippen LogP contribution < -0.4 is 0 Å². The molecule has 3 rings (SSSR count). The molecule has 24 heavy (non-hydrogen) atoms. The number of aromatic nitrogens is 2. The Kier molecular flexibility index (Phi) is 5.25. The molecule has 0 aromatic carbocycles. The third-order valence-electron chi connectivity index (χ3n) is 5.57. The Morgan fingerprint density at radius 2 is 2.04 bits per heavy atom. The average Bonchev–Trinajstić information content (AvgIpc) is 3.09. The Hall–Kier alpha value is -1.40. The minimum absolute atomic E-state index is 0.0637. The van der Waals surface area contributed by atoms with Gasteiger partial charge in [0, 0.05) is 31.9 Å².